The molecule has 0 unspecified atom stereocenters. The Morgan fingerprint density at radius 2 is 1.82 bits per heavy atom. The quantitative estimate of drug-likeness (QED) is 0.563. The van der Waals surface area contributed by atoms with E-state index >= 15 is 0 Å². The zero-order chi connectivity index (χ0) is 20.1. The average Bonchev–Trinajstić information content (AvgIpc) is 2.91. The summed E-state index contributed by atoms with van der Waals surface area (Å²) in [4.78, 5) is 48.4. The van der Waals surface area contributed by atoms with Crippen molar-refractivity contribution in [1.29, 1.82) is 0 Å². The molecule has 2 fully saturated rings. The van der Waals surface area contributed by atoms with E-state index in [4.69, 9.17) is 9.47 Å². The fraction of sp³-hybridized carbons (Fsp3) is 0.474. The molecule has 1 saturated heterocycles. The Hall–Kier alpha value is -3.10. The zero-order valence-electron chi connectivity index (χ0n) is 15.7. The van der Waals surface area contributed by atoms with E-state index in [0.29, 0.717) is 24.2 Å². The van der Waals surface area contributed by atoms with Gasteiger partial charge >= 0.3 is 12.0 Å². The smallest absolute Gasteiger partial charge is 0.344 e. The number of imide groups is 1. The highest BCUT2D eigenvalue weighted by Gasteiger charge is 2.52. The topological polar surface area (TPSA) is 114 Å². The second kappa shape index (κ2) is 8.28. The van der Waals surface area contributed by atoms with Gasteiger partial charge < -0.3 is 14.8 Å². The molecule has 0 bridgehead atoms. The number of hydrogen-bond donors (Lipinski definition) is 2. The Balaban J connectivity index is 1.52. The molecule has 1 aromatic carbocycles. The molecule has 3 rings (SSSR count). The SMILES string of the molecule is CCOC(=O)c1ccc(OCC(=O)NN2C(=O)NC3(CCCCC3)C2=O)cc1. The number of urea groups is 1. The Kier molecular flexibility index (Phi) is 5.81. The molecule has 1 saturated carbocycles. The molecule has 2 N–H and O–H groups in total. The fourth-order valence-electron chi connectivity index (χ4n) is 3.42. The van der Waals surface area contributed by atoms with Crippen LogP contribution < -0.4 is 15.5 Å². The highest BCUT2D eigenvalue weighted by molar-refractivity contribution is 6.08. The van der Waals surface area contributed by atoms with E-state index in [9.17, 15) is 19.2 Å². The van der Waals surface area contributed by atoms with Gasteiger partial charge in [0.1, 0.15) is 11.3 Å². The summed E-state index contributed by atoms with van der Waals surface area (Å²) in [5.41, 5.74) is 1.77. The predicted molar refractivity (Wildman–Crippen MR) is 97.2 cm³/mol. The van der Waals surface area contributed by atoms with Crippen molar-refractivity contribution in [3.05, 3.63) is 29.8 Å². The Morgan fingerprint density at radius 3 is 2.46 bits per heavy atom. The monoisotopic (exact) mass is 389 g/mol. The van der Waals surface area contributed by atoms with E-state index in [1.54, 1.807) is 6.92 Å². The second-order valence-corrected chi connectivity index (χ2v) is 6.78. The lowest BCUT2D eigenvalue weighted by Gasteiger charge is -2.30. The summed E-state index contributed by atoms with van der Waals surface area (Å²) < 4.78 is 10.2. The van der Waals surface area contributed by atoms with E-state index in [0.717, 1.165) is 24.3 Å². The first kappa shape index (κ1) is 19.7. The molecular formula is C19H23N3O6. The summed E-state index contributed by atoms with van der Waals surface area (Å²) in [7, 11) is 0. The van der Waals surface area contributed by atoms with Gasteiger partial charge in [-0.25, -0.2) is 9.59 Å². The summed E-state index contributed by atoms with van der Waals surface area (Å²) >= 11 is 0. The molecular weight excluding hydrogens is 366 g/mol. The van der Waals surface area contributed by atoms with Gasteiger partial charge in [0.2, 0.25) is 0 Å². The van der Waals surface area contributed by atoms with Crippen molar-refractivity contribution in [1.82, 2.24) is 15.8 Å². The number of hydrazine groups is 1. The molecule has 2 aliphatic rings. The van der Waals surface area contributed by atoms with Crippen LogP contribution in [-0.4, -0.2) is 47.6 Å². The molecule has 1 spiro atoms. The Bertz CT molecular complexity index is 770. The third kappa shape index (κ3) is 4.08. The van der Waals surface area contributed by atoms with Gasteiger partial charge in [0.05, 0.1) is 12.2 Å². The first-order valence-corrected chi connectivity index (χ1v) is 9.31. The predicted octanol–water partition coefficient (Wildman–Crippen LogP) is 1.53. The van der Waals surface area contributed by atoms with Crippen LogP contribution in [0.25, 0.3) is 0 Å². The lowest BCUT2D eigenvalue weighted by molar-refractivity contribution is -0.140. The second-order valence-electron chi connectivity index (χ2n) is 6.78. The summed E-state index contributed by atoms with van der Waals surface area (Å²) in [5, 5.41) is 3.45. The third-order valence-electron chi connectivity index (χ3n) is 4.84. The molecule has 1 heterocycles. The van der Waals surface area contributed by atoms with Crippen LogP contribution in [0.5, 0.6) is 5.75 Å². The molecule has 9 heteroatoms. The first-order valence-electron chi connectivity index (χ1n) is 9.31. The van der Waals surface area contributed by atoms with E-state index in [2.05, 4.69) is 10.7 Å². The van der Waals surface area contributed by atoms with Gasteiger partial charge in [0.15, 0.2) is 6.61 Å². The molecule has 1 aromatic rings. The molecule has 0 aromatic heterocycles. The molecule has 9 nitrogen and oxygen atoms in total. The highest BCUT2D eigenvalue weighted by Crippen LogP contribution is 2.32. The van der Waals surface area contributed by atoms with Crippen LogP contribution in [0, 0.1) is 0 Å². The summed E-state index contributed by atoms with van der Waals surface area (Å²) in [5.74, 6) is -1.14. The summed E-state index contributed by atoms with van der Waals surface area (Å²) in [6.07, 6.45) is 3.90. The van der Waals surface area contributed by atoms with Crippen LogP contribution in [0.1, 0.15) is 49.4 Å². The number of esters is 1. The lowest BCUT2D eigenvalue weighted by Crippen LogP contribution is -2.51. The standard InChI is InChI=1S/C19H23N3O6/c1-2-27-16(24)13-6-8-14(9-7-13)28-12-15(23)21-22-17(25)19(20-18(22)26)10-4-3-5-11-19/h6-9H,2-5,10-12H2,1H3,(H,20,26)(H,21,23). The minimum absolute atomic E-state index is 0.279. The molecule has 0 atom stereocenters. The van der Waals surface area contributed by atoms with Gasteiger partial charge in [-0.2, -0.15) is 5.01 Å². The van der Waals surface area contributed by atoms with E-state index in [1.165, 1.54) is 24.3 Å². The number of carbonyl (C=O) groups is 4. The van der Waals surface area contributed by atoms with Crippen molar-refractivity contribution < 1.29 is 28.7 Å². The van der Waals surface area contributed by atoms with Crippen molar-refractivity contribution in [3.63, 3.8) is 0 Å². The number of nitrogens with zero attached hydrogens (tertiary/aromatic N) is 1. The van der Waals surface area contributed by atoms with Crippen LogP contribution in [-0.2, 0) is 14.3 Å². The largest absolute Gasteiger partial charge is 0.484 e. The Labute approximate surface area is 162 Å². The number of ether oxygens (including phenoxy) is 2. The van der Waals surface area contributed by atoms with Crippen LogP contribution in [0.2, 0.25) is 0 Å². The molecule has 0 radical (unpaired) electrons. The summed E-state index contributed by atoms with van der Waals surface area (Å²) in [6.45, 7) is 1.61. The van der Waals surface area contributed by atoms with Crippen molar-refractivity contribution in [2.24, 2.45) is 0 Å². The first-order chi connectivity index (χ1) is 13.4. The third-order valence-corrected chi connectivity index (χ3v) is 4.84. The number of nitrogens with one attached hydrogen (secondary N) is 2. The van der Waals surface area contributed by atoms with E-state index in [-0.39, 0.29) is 13.2 Å². The van der Waals surface area contributed by atoms with Gasteiger partial charge in [0.25, 0.3) is 11.8 Å². The molecule has 4 amide bonds. The van der Waals surface area contributed by atoms with Crippen LogP contribution >= 0.6 is 0 Å². The number of carbonyl (C=O) groups excluding carboxylic acids is 4. The maximum absolute atomic E-state index is 12.6. The fourth-order valence-corrected chi connectivity index (χ4v) is 3.42. The number of benzene rings is 1. The van der Waals surface area contributed by atoms with Crippen LogP contribution in [0.3, 0.4) is 0 Å². The van der Waals surface area contributed by atoms with Gasteiger partial charge in [-0.3, -0.25) is 15.0 Å². The molecule has 1 aliphatic heterocycles. The van der Waals surface area contributed by atoms with Gasteiger partial charge in [-0.05, 0) is 44.0 Å². The zero-order valence-corrected chi connectivity index (χ0v) is 15.7. The molecule has 1 aliphatic carbocycles. The molecule has 150 valence electrons. The Morgan fingerprint density at radius 1 is 1.14 bits per heavy atom. The minimum atomic E-state index is -0.896. The minimum Gasteiger partial charge on any atom is -0.484 e. The number of amides is 4. The normalized spacial score (nSPS) is 18.0. The van der Waals surface area contributed by atoms with E-state index in [1.807, 2.05) is 0 Å². The summed E-state index contributed by atoms with van der Waals surface area (Å²) in [6, 6.07) is 5.48. The van der Waals surface area contributed by atoms with Crippen molar-refractivity contribution in [2.75, 3.05) is 13.2 Å². The van der Waals surface area contributed by atoms with Gasteiger partial charge in [-0.1, -0.05) is 19.3 Å². The van der Waals surface area contributed by atoms with Gasteiger partial charge in [0, 0.05) is 0 Å². The van der Waals surface area contributed by atoms with Gasteiger partial charge in [-0.15, -0.1) is 0 Å². The number of hydrogen-bond acceptors (Lipinski definition) is 6. The van der Waals surface area contributed by atoms with E-state index < -0.39 is 29.4 Å². The number of rotatable bonds is 6. The van der Waals surface area contributed by atoms with Crippen molar-refractivity contribution in [2.45, 2.75) is 44.6 Å². The maximum atomic E-state index is 12.6. The van der Waals surface area contributed by atoms with Crippen LogP contribution in [0.15, 0.2) is 24.3 Å². The van der Waals surface area contributed by atoms with Crippen molar-refractivity contribution in [3.8, 4) is 5.75 Å². The highest BCUT2D eigenvalue weighted by atomic mass is 16.5. The average molecular weight is 389 g/mol. The lowest BCUT2D eigenvalue weighted by atomic mass is 9.82. The van der Waals surface area contributed by atoms with Crippen LogP contribution in [0.4, 0.5) is 4.79 Å². The van der Waals surface area contributed by atoms with Crippen molar-refractivity contribution >= 4 is 23.8 Å². The molecule has 28 heavy (non-hydrogen) atoms. The maximum Gasteiger partial charge on any atom is 0.344 e.